The van der Waals surface area contributed by atoms with E-state index in [0.29, 0.717) is 32.0 Å². The Morgan fingerprint density at radius 3 is 2.79 bits per heavy atom. The summed E-state index contributed by atoms with van der Waals surface area (Å²) in [5.41, 5.74) is 2.72. The molecule has 2 bridgehead atoms. The van der Waals surface area contributed by atoms with Gasteiger partial charge in [-0.3, -0.25) is 4.90 Å². The summed E-state index contributed by atoms with van der Waals surface area (Å²) >= 11 is 0. The molecule has 6 heteroatoms. The molecule has 0 radical (unpaired) electrons. The van der Waals surface area contributed by atoms with Crippen LogP contribution < -0.4 is 4.74 Å². The van der Waals surface area contributed by atoms with Crippen LogP contribution in [-0.2, 0) is 16.1 Å². The maximum Gasteiger partial charge on any atom is 0.411 e. The van der Waals surface area contributed by atoms with Crippen molar-refractivity contribution in [3.8, 4) is 5.75 Å². The highest BCUT2D eigenvalue weighted by atomic mass is 19.1. The molecule has 1 fully saturated rings. The van der Waals surface area contributed by atoms with Gasteiger partial charge in [-0.25, -0.2) is 9.18 Å². The number of carbonyl (C=O) groups is 1. The lowest BCUT2D eigenvalue weighted by Crippen LogP contribution is -2.56. The van der Waals surface area contributed by atoms with Crippen molar-refractivity contribution in [3.05, 3.63) is 71.6 Å². The van der Waals surface area contributed by atoms with E-state index in [1.165, 1.54) is 12.1 Å². The summed E-state index contributed by atoms with van der Waals surface area (Å²) in [4.78, 5) is 14.5. The van der Waals surface area contributed by atoms with Gasteiger partial charge in [-0.1, -0.05) is 36.4 Å². The summed E-state index contributed by atoms with van der Waals surface area (Å²) in [5, 5.41) is 0. The average molecular weight is 397 g/mol. The van der Waals surface area contributed by atoms with Crippen LogP contribution in [0.25, 0.3) is 5.57 Å². The summed E-state index contributed by atoms with van der Waals surface area (Å²) in [7, 11) is 0. The van der Waals surface area contributed by atoms with E-state index in [9.17, 15) is 9.18 Å². The molecule has 4 rings (SSSR count). The molecule has 1 saturated heterocycles. The number of benzene rings is 2. The molecule has 2 aromatic carbocycles. The summed E-state index contributed by atoms with van der Waals surface area (Å²) < 4.78 is 30.7. The van der Waals surface area contributed by atoms with Crippen molar-refractivity contribution in [2.24, 2.45) is 0 Å². The average Bonchev–Trinajstić information content (AvgIpc) is 2.71. The molecular formula is C23H24FNO4. The molecule has 0 saturated carbocycles. The van der Waals surface area contributed by atoms with Gasteiger partial charge in [0.25, 0.3) is 0 Å². The number of nitrogens with zero attached hydrogens (tertiary/aromatic N) is 1. The lowest BCUT2D eigenvalue weighted by Gasteiger charge is -2.43. The lowest BCUT2D eigenvalue weighted by molar-refractivity contribution is -0.0342. The zero-order chi connectivity index (χ0) is 20.2. The molecule has 5 nitrogen and oxygen atoms in total. The fourth-order valence-corrected chi connectivity index (χ4v) is 3.89. The van der Waals surface area contributed by atoms with Crippen LogP contribution in [0.5, 0.6) is 5.75 Å². The molecule has 2 atom stereocenters. The number of amides is 1. The van der Waals surface area contributed by atoms with Gasteiger partial charge in [0.1, 0.15) is 18.2 Å². The molecule has 0 aliphatic carbocycles. The van der Waals surface area contributed by atoms with Crippen molar-refractivity contribution in [2.75, 3.05) is 19.8 Å². The quantitative estimate of drug-likeness (QED) is 0.750. The van der Waals surface area contributed by atoms with Crippen LogP contribution in [0.2, 0.25) is 0 Å². The molecular weight excluding hydrogens is 373 g/mol. The van der Waals surface area contributed by atoms with Gasteiger partial charge < -0.3 is 14.2 Å². The second-order valence-corrected chi connectivity index (χ2v) is 7.21. The summed E-state index contributed by atoms with van der Waals surface area (Å²) in [6.45, 7) is 3.40. The largest absolute Gasteiger partial charge is 0.494 e. The maximum absolute atomic E-state index is 14.0. The molecule has 2 heterocycles. The smallest absolute Gasteiger partial charge is 0.411 e. The van der Waals surface area contributed by atoms with Crippen molar-refractivity contribution in [2.45, 2.75) is 32.0 Å². The number of carbonyl (C=O) groups excluding carboxylic acids is 1. The van der Waals surface area contributed by atoms with E-state index >= 15 is 0 Å². The molecule has 2 aliphatic rings. The normalized spacial score (nSPS) is 20.8. The Morgan fingerprint density at radius 2 is 2.03 bits per heavy atom. The van der Waals surface area contributed by atoms with Crippen LogP contribution >= 0.6 is 0 Å². The summed E-state index contributed by atoms with van der Waals surface area (Å²) in [6.07, 6.45) is 2.20. The van der Waals surface area contributed by atoms with E-state index in [-0.39, 0.29) is 30.6 Å². The van der Waals surface area contributed by atoms with Crippen LogP contribution in [0, 0.1) is 5.82 Å². The van der Waals surface area contributed by atoms with E-state index in [0.717, 1.165) is 16.7 Å². The molecule has 0 N–H and O–H groups in total. The van der Waals surface area contributed by atoms with Gasteiger partial charge in [-0.2, -0.15) is 0 Å². The number of halogens is 1. The fourth-order valence-electron chi connectivity index (χ4n) is 3.89. The molecule has 2 unspecified atom stereocenters. The number of ether oxygens (including phenoxy) is 3. The second-order valence-electron chi connectivity index (χ2n) is 7.21. The predicted octanol–water partition coefficient (Wildman–Crippen LogP) is 4.42. The van der Waals surface area contributed by atoms with Crippen LogP contribution in [0.4, 0.5) is 9.18 Å². The Bertz CT molecular complexity index is 899. The fraction of sp³-hybridized carbons (Fsp3) is 0.348. The maximum atomic E-state index is 14.0. The molecule has 0 spiro atoms. The number of hydrogen-bond donors (Lipinski definition) is 0. The third kappa shape index (κ3) is 4.43. The Morgan fingerprint density at radius 1 is 1.21 bits per heavy atom. The van der Waals surface area contributed by atoms with E-state index in [1.807, 2.05) is 49.4 Å². The van der Waals surface area contributed by atoms with Crippen LogP contribution in [0.15, 0.2) is 54.6 Å². The monoisotopic (exact) mass is 397 g/mol. The van der Waals surface area contributed by atoms with Crippen LogP contribution in [0.1, 0.15) is 24.5 Å². The highest BCUT2D eigenvalue weighted by Crippen LogP contribution is 2.34. The third-order valence-electron chi connectivity index (χ3n) is 5.17. The topological polar surface area (TPSA) is 48.0 Å². The summed E-state index contributed by atoms with van der Waals surface area (Å²) in [5.74, 6) is 0.174. The standard InChI is InChI=1S/C23H24FNO4/c1-2-28-22-11-17(8-19(24)12-22)18-9-20-14-27-15-21(10-18)25(20)23(26)29-13-16-6-4-3-5-7-16/h3-9,11-12,20-21H,2,10,13-15H2,1H3. The Kier molecular flexibility index (Phi) is 5.81. The molecule has 0 aromatic heterocycles. The predicted molar refractivity (Wildman–Crippen MR) is 107 cm³/mol. The van der Waals surface area contributed by atoms with E-state index in [2.05, 4.69) is 0 Å². The number of rotatable bonds is 5. The van der Waals surface area contributed by atoms with Crippen LogP contribution in [0.3, 0.4) is 0 Å². The third-order valence-corrected chi connectivity index (χ3v) is 5.17. The van der Waals surface area contributed by atoms with Gasteiger partial charge in [-0.15, -0.1) is 0 Å². The molecule has 1 amide bonds. The SMILES string of the molecule is CCOc1cc(F)cc(C2=CC3COCC(C2)N3C(=O)OCc2ccccc2)c1. The highest BCUT2D eigenvalue weighted by molar-refractivity contribution is 5.75. The first-order chi connectivity index (χ1) is 14.1. The minimum absolute atomic E-state index is 0.143. The Labute approximate surface area is 169 Å². The minimum atomic E-state index is -0.350. The Hall–Kier alpha value is -2.86. The Balaban J connectivity index is 1.52. The zero-order valence-electron chi connectivity index (χ0n) is 16.3. The number of fused-ring (bicyclic) bond motifs is 2. The van der Waals surface area contributed by atoms with Crippen LogP contribution in [-0.4, -0.2) is 42.9 Å². The first-order valence-electron chi connectivity index (χ1n) is 9.85. The number of morpholine rings is 1. The van der Waals surface area contributed by atoms with Gasteiger partial charge in [0.15, 0.2) is 0 Å². The van der Waals surface area contributed by atoms with Gasteiger partial charge >= 0.3 is 6.09 Å². The van der Waals surface area contributed by atoms with Gasteiger partial charge in [-0.05, 0) is 42.2 Å². The molecule has 2 aromatic rings. The van der Waals surface area contributed by atoms with E-state index in [1.54, 1.807) is 4.90 Å². The van der Waals surface area contributed by atoms with Crippen molar-refractivity contribution >= 4 is 11.7 Å². The van der Waals surface area contributed by atoms with E-state index in [4.69, 9.17) is 14.2 Å². The number of hydrogen-bond acceptors (Lipinski definition) is 4. The van der Waals surface area contributed by atoms with Crippen molar-refractivity contribution in [1.29, 1.82) is 0 Å². The van der Waals surface area contributed by atoms with Gasteiger partial charge in [0, 0.05) is 6.07 Å². The first-order valence-corrected chi connectivity index (χ1v) is 9.85. The lowest BCUT2D eigenvalue weighted by atomic mass is 9.90. The molecule has 2 aliphatic heterocycles. The first kappa shape index (κ1) is 19.5. The van der Waals surface area contributed by atoms with E-state index < -0.39 is 0 Å². The molecule has 29 heavy (non-hydrogen) atoms. The van der Waals surface area contributed by atoms with Crippen molar-refractivity contribution in [3.63, 3.8) is 0 Å². The minimum Gasteiger partial charge on any atom is -0.494 e. The summed E-state index contributed by atoms with van der Waals surface area (Å²) in [6, 6.07) is 14.0. The zero-order valence-corrected chi connectivity index (χ0v) is 16.3. The second kappa shape index (κ2) is 8.66. The van der Waals surface area contributed by atoms with Crippen molar-refractivity contribution in [1.82, 2.24) is 4.90 Å². The highest BCUT2D eigenvalue weighted by Gasteiger charge is 2.39. The van der Waals surface area contributed by atoms with Gasteiger partial charge in [0.2, 0.25) is 0 Å². The van der Waals surface area contributed by atoms with Crippen molar-refractivity contribution < 1.29 is 23.4 Å². The molecule has 152 valence electrons. The van der Waals surface area contributed by atoms with Gasteiger partial charge in [0.05, 0.1) is 31.9 Å².